The fourth-order valence-electron chi connectivity index (χ4n) is 4.94. The molecule has 1 aromatic carbocycles. The van der Waals surface area contributed by atoms with Gasteiger partial charge in [-0.3, -0.25) is 4.79 Å². The number of aromatic nitrogens is 1. The summed E-state index contributed by atoms with van der Waals surface area (Å²) in [5, 5.41) is 9.19. The number of amides is 1. The van der Waals surface area contributed by atoms with Gasteiger partial charge in [-0.2, -0.15) is 0 Å². The van der Waals surface area contributed by atoms with Crippen molar-refractivity contribution in [2.45, 2.75) is 45.6 Å². The first-order chi connectivity index (χ1) is 15.9. The van der Waals surface area contributed by atoms with Gasteiger partial charge in [-0.25, -0.2) is 4.98 Å². The number of methoxy groups -OCH3 is 1. The van der Waals surface area contributed by atoms with Gasteiger partial charge in [0, 0.05) is 31.6 Å². The van der Waals surface area contributed by atoms with E-state index in [9.17, 15) is 9.90 Å². The quantitative estimate of drug-likeness (QED) is 0.660. The lowest BCUT2D eigenvalue weighted by Gasteiger charge is -2.40. The molecule has 2 aliphatic rings. The van der Waals surface area contributed by atoms with Gasteiger partial charge in [-0.15, -0.1) is 0 Å². The fourth-order valence-corrected chi connectivity index (χ4v) is 4.94. The van der Waals surface area contributed by atoms with Crippen molar-refractivity contribution in [2.75, 3.05) is 44.8 Å². The Morgan fingerprint density at radius 2 is 2.00 bits per heavy atom. The number of aliphatic hydroxyl groups excluding tert-OH is 1. The summed E-state index contributed by atoms with van der Waals surface area (Å²) in [4.78, 5) is 21.0. The largest absolute Gasteiger partial charge is 0.493 e. The second-order valence-corrected chi connectivity index (χ2v) is 9.55. The summed E-state index contributed by atoms with van der Waals surface area (Å²) in [7, 11) is 1.66. The number of anilines is 1. The molecule has 7 heteroatoms. The lowest BCUT2D eigenvalue weighted by Crippen LogP contribution is -2.54. The Hall–Kier alpha value is -2.80. The maximum Gasteiger partial charge on any atom is 0.224 e. The Bertz CT molecular complexity index is 991. The molecule has 2 saturated heterocycles. The number of hydrogen-bond acceptors (Lipinski definition) is 6. The van der Waals surface area contributed by atoms with Crippen LogP contribution in [0.5, 0.6) is 11.5 Å². The molecule has 33 heavy (non-hydrogen) atoms. The molecule has 0 spiro atoms. The van der Waals surface area contributed by atoms with Gasteiger partial charge >= 0.3 is 0 Å². The van der Waals surface area contributed by atoms with Gasteiger partial charge < -0.3 is 24.4 Å². The van der Waals surface area contributed by atoms with E-state index in [1.54, 1.807) is 7.11 Å². The monoisotopic (exact) mass is 453 g/mol. The first kappa shape index (κ1) is 23.4. The molecule has 0 radical (unpaired) electrons. The van der Waals surface area contributed by atoms with Crippen molar-refractivity contribution in [1.82, 2.24) is 9.88 Å². The Kier molecular flexibility index (Phi) is 6.79. The number of aryl methyl sites for hydroxylation is 1. The third-order valence-corrected chi connectivity index (χ3v) is 7.24. The topological polar surface area (TPSA) is 75.1 Å². The summed E-state index contributed by atoms with van der Waals surface area (Å²) in [6.07, 6.45) is 3.05. The summed E-state index contributed by atoms with van der Waals surface area (Å²) < 4.78 is 11.9. The van der Waals surface area contributed by atoms with E-state index in [0.717, 1.165) is 42.4 Å². The van der Waals surface area contributed by atoms with Crippen LogP contribution < -0.4 is 14.4 Å². The molecule has 1 N–H and O–H groups in total. The number of nitrogens with zero attached hydrogens (tertiary/aromatic N) is 3. The average molecular weight is 454 g/mol. The van der Waals surface area contributed by atoms with Crippen LogP contribution in [0, 0.1) is 12.3 Å². The summed E-state index contributed by atoms with van der Waals surface area (Å²) in [6.45, 7) is 9.30. The number of likely N-dealkylation sites (tertiary alicyclic amines) is 1. The molecule has 178 valence electrons. The zero-order valence-corrected chi connectivity index (χ0v) is 20.1. The number of aliphatic hydroxyl groups is 1. The molecule has 7 nitrogen and oxygen atoms in total. The minimum Gasteiger partial charge on any atom is -0.493 e. The SMILES string of the molecule is CCC1(C)CN(C(=O)CCO)CC1c1ccc(OC)c(OC2CN(c3cc(C)ccn3)C2)c1. The standard InChI is InChI=1S/C26H35N3O4/c1-5-26(3)17-29(25(31)9-11-30)16-21(26)19-6-7-22(32-4)23(13-19)33-20-14-28(15-20)24-12-18(2)8-10-27-24/h6-8,10,12-13,20-21,30H,5,9,11,14-17H2,1-4H3. The predicted octanol–water partition coefficient (Wildman–Crippen LogP) is 3.39. The molecule has 0 bridgehead atoms. The highest BCUT2D eigenvalue weighted by atomic mass is 16.5. The van der Waals surface area contributed by atoms with E-state index >= 15 is 0 Å². The van der Waals surface area contributed by atoms with Gasteiger partial charge in [-0.05, 0) is 54.2 Å². The highest BCUT2D eigenvalue weighted by Crippen LogP contribution is 2.47. The van der Waals surface area contributed by atoms with Gasteiger partial charge in [0.2, 0.25) is 5.91 Å². The highest BCUT2D eigenvalue weighted by molar-refractivity contribution is 5.77. The van der Waals surface area contributed by atoms with Gasteiger partial charge in [0.05, 0.1) is 26.8 Å². The average Bonchev–Trinajstić information content (AvgIpc) is 3.14. The molecule has 1 aromatic heterocycles. The van der Waals surface area contributed by atoms with Crippen molar-refractivity contribution in [1.29, 1.82) is 0 Å². The molecule has 2 aromatic rings. The van der Waals surface area contributed by atoms with Crippen LogP contribution in [-0.4, -0.2) is 66.9 Å². The minimum absolute atomic E-state index is 0.0176. The molecular weight excluding hydrogens is 418 g/mol. The predicted molar refractivity (Wildman–Crippen MR) is 128 cm³/mol. The summed E-state index contributed by atoms with van der Waals surface area (Å²) in [5.74, 6) is 2.66. The smallest absolute Gasteiger partial charge is 0.224 e. The third-order valence-electron chi connectivity index (χ3n) is 7.24. The van der Waals surface area contributed by atoms with Crippen molar-refractivity contribution < 1.29 is 19.4 Å². The number of ether oxygens (including phenoxy) is 2. The van der Waals surface area contributed by atoms with Crippen molar-refractivity contribution in [3.8, 4) is 11.5 Å². The fraction of sp³-hybridized carbons (Fsp3) is 0.538. The number of benzene rings is 1. The molecule has 2 unspecified atom stereocenters. The molecule has 0 saturated carbocycles. The molecule has 1 amide bonds. The van der Waals surface area contributed by atoms with Gasteiger partial charge in [0.1, 0.15) is 11.9 Å². The van der Waals surface area contributed by atoms with Crippen LogP contribution in [0.4, 0.5) is 5.82 Å². The van der Waals surface area contributed by atoms with E-state index in [1.165, 1.54) is 5.56 Å². The molecule has 3 heterocycles. The Morgan fingerprint density at radius 1 is 1.21 bits per heavy atom. The minimum atomic E-state index is -0.111. The van der Waals surface area contributed by atoms with Crippen LogP contribution in [0.25, 0.3) is 0 Å². The van der Waals surface area contributed by atoms with Crippen LogP contribution in [0.15, 0.2) is 36.5 Å². The molecule has 0 aliphatic carbocycles. The van der Waals surface area contributed by atoms with Crippen LogP contribution >= 0.6 is 0 Å². The number of rotatable bonds is 8. The normalized spacial score (nSPS) is 22.9. The summed E-state index contributed by atoms with van der Waals surface area (Å²) >= 11 is 0. The van der Waals surface area contributed by atoms with Gasteiger partial charge in [0.25, 0.3) is 0 Å². The van der Waals surface area contributed by atoms with Crippen LogP contribution in [0.3, 0.4) is 0 Å². The van der Waals surface area contributed by atoms with E-state index in [2.05, 4.69) is 48.9 Å². The molecular formula is C26H35N3O4. The number of pyridine rings is 1. The first-order valence-electron chi connectivity index (χ1n) is 11.8. The maximum atomic E-state index is 12.5. The van der Waals surface area contributed by atoms with Gasteiger partial charge in [0.15, 0.2) is 11.5 Å². The van der Waals surface area contributed by atoms with Gasteiger partial charge in [-0.1, -0.05) is 19.9 Å². The van der Waals surface area contributed by atoms with Crippen LogP contribution in [0.2, 0.25) is 0 Å². The maximum absolute atomic E-state index is 12.5. The van der Waals surface area contributed by atoms with Crippen molar-refractivity contribution in [3.05, 3.63) is 47.7 Å². The summed E-state index contributed by atoms with van der Waals surface area (Å²) in [6, 6.07) is 10.2. The van der Waals surface area contributed by atoms with E-state index in [4.69, 9.17) is 9.47 Å². The highest BCUT2D eigenvalue weighted by Gasteiger charge is 2.44. The Labute approximate surface area is 196 Å². The van der Waals surface area contributed by atoms with E-state index in [1.807, 2.05) is 23.2 Å². The van der Waals surface area contributed by atoms with Crippen molar-refractivity contribution in [2.24, 2.45) is 5.41 Å². The molecule has 2 fully saturated rings. The Balaban J connectivity index is 1.49. The number of carbonyl (C=O) groups excluding carboxylic acids is 1. The lowest BCUT2D eigenvalue weighted by molar-refractivity contribution is -0.131. The van der Waals surface area contributed by atoms with E-state index < -0.39 is 0 Å². The number of carbonyl (C=O) groups is 1. The zero-order valence-electron chi connectivity index (χ0n) is 20.1. The van der Waals surface area contributed by atoms with Crippen molar-refractivity contribution in [3.63, 3.8) is 0 Å². The molecule has 2 atom stereocenters. The van der Waals surface area contributed by atoms with E-state index in [-0.39, 0.29) is 36.4 Å². The molecule has 2 aliphatic heterocycles. The first-order valence-corrected chi connectivity index (χ1v) is 11.8. The number of hydrogen-bond donors (Lipinski definition) is 1. The second kappa shape index (κ2) is 9.59. The third kappa shape index (κ3) is 4.78. The van der Waals surface area contributed by atoms with Crippen LogP contribution in [-0.2, 0) is 4.79 Å². The lowest BCUT2D eigenvalue weighted by atomic mass is 9.74. The Morgan fingerprint density at radius 3 is 2.67 bits per heavy atom. The molecule has 4 rings (SSSR count). The van der Waals surface area contributed by atoms with E-state index in [0.29, 0.717) is 13.1 Å². The van der Waals surface area contributed by atoms with Crippen molar-refractivity contribution >= 4 is 11.7 Å². The van der Waals surface area contributed by atoms with Crippen LogP contribution in [0.1, 0.15) is 43.7 Å². The zero-order chi connectivity index (χ0) is 23.6. The second-order valence-electron chi connectivity index (χ2n) is 9.55. The summed E-state index contributed by atoms with van der Waals surface area (Å²) in [5.41, 5.74) is 2.33.